The maximum Gasteiger partial charge on any atom is 0.242 e. The molecule has 3 rings (SSSR count). The number of nitrogens with two attached hydrogens (primary N) is 1. The summed E-state index contributed by atoms with van der Waals surface area (Å²) in [4.78, 5) is 10.2. The zero-order valence-electron chi connectivity index (χ0n) is 9.94. The van der Waals surface area contributed by atoms with E-state index in [4.69, 9.17) is 10.5 Å². The maximum absolute atomic E-state index is 5.99. The molecule has 94 valence electrons. The Morgan fingerprint density at radius 3 is 3.06 bits per heavy atom. The predicted octanol–water partition coefficient (Wildman–Crippen LogP) is -0.321. The van der Waals surface area contributed by atoms with Crippen molar-refractivity contribution in [3.63, 3.8) is 0 Å². The second-order valence-corrected chi connectivity index (χ2v) is 3.98. The van der Waals surface area contributed by atoms with E-state index in [-0.39, 0.29) is 0 Å². The first kappa shape index (κ1) is 10.8. The topological polar surface area (TPSA) is 95.0 Å². The Labute approximate surface area is 103 Å². The molecule has 2 N–H and O–H groups in total. The first-order valence-corrected chi connectivity index (χ1v) is 5.55. The number of anilines is 2. The monoisotopic (exact) mass is 247 g/mol. The lowest BCUT2D eigenvalue weighted by atomic mass is 10.3. The number of rotatable bonds is 2. The fourth-order valence-corrected chi connectivity index (χ4v) is 2.03. The van der Waals surface area contributed by atoms with Gasteiger partial charge in [-0.25, -0.2) is 4.98 Å². The first-order chi connectivity index (χ1) is 8.79. The Balaban J connectivity index is 1.93. The van der Waals surface area contributed by atoms with Crippen LogP contribution in [0.3, 0.4) is 0 Å². The molecular weight excluding hydrogens is 234 g/mol. The number of methoxy groups -OCH3 is 1. The highest BCUT2D eigenvalue weighted by molar-refractivity contribution is 5.67. The van der Waals surface area contributed by atoms with Gasteiger partial charge in [-0.1, -0.05) is 0 Å². The van der Waals surface area contributed by atoms with Crippen LogP contribution in [0.1, 0.15) is 5.82 Å². The third-order valence-corrected chi connectivity index (χ3v) is 2.96. The van der Waals surface area contributed by atoms with Crippen LogP contribution in [0.4, 0.5) is 11.5 Å². The Morgan fingerprint density at radius 2 is 2.22 bits per heavy atom. The molecule has 0 amide bonds. The molecule has 8 heteroatoms. The van der Waals surface area contributed by atoms with Crippen molar-refractivity contribution in [2.24, 2.45) is 0 Å². The molecule has 0 saturated heterocycles. The molecule has 3 heterocycles. The quantitative estimate of drug-likeness (QED) is 0.776. The lowest BCUT2D eigenvalue weighted by molar-refractivity contribution is 0.399. The largest absolute Gasteiger partial charge is 0.479 e. The minimum Gasteiger partial charge on any atom is -0.479 e. The molecule has 1 aliphatic rings. The lowest BCUT2D eigenvalue weighted by Gasteiger charge is -2.28. The molecule has 0 fully saturated rings. The van der Waals surface area contributed by atoms with E-state index in [0.29, 0.717) is 23.9 Å². The van der Waals surface area contributed by atoms with Gasteiger partial charge in [0, 0.05) is 13.1 Å². The molecule has 0 aromatic carbocycles. The van der Waals surface area contributed by atoms with Crippen LogP contribution in [0, 0.1) is 0 Å². The van der Waals surface area contributed by atoms with Crippen molar-refractivity contribution < 1.29 is 4.74 Å². The molecule has 0 saturated carbocycles. The number of nitrogen functional groups attached to an aromatic ring is 1. The molecule has 0 atom stereocenters. The normalized spacial score (nSPS) is 14.4. The van der Waals surface area contributed by atoms with Crippen LogP contribution in [0.5, 0.6) is 5.88 Å². The van der Waals surface area contributed by atoms with Crippen LogP contribution in [0.25, 0.3) is 0 Å². The van der Waals surface area contributed by atoms with Crippen molar-refractivity contribution in [2.75, 3.05) is 24.3 Å². The molecular formula is C10H13N7O. The number of ether oxygens (including phenoxy) is 1. The molecule has 0 radical (unpaired) electrons. The van der Waals surface area contributed by atoms with Gasteiger partial charge < -0.3 is 19.9 Å². The minimum atomic E-state index is 0.395. The summed E-state index contributed by atoms with van der Waals surface area (Å²) in [6.07, 6.45) is 3.18. The number of nitrogens with zero attached hydrogens (tertiary/aromatic N) is 6. The standard InChI is InChI=1S/C10H13N7O/c1-18-10-8(11)9(12-5-13-10)16-2-3-17-6-14-15-7(17)4-16/h5-6H,2-4,11H2,1H3. The number of fused-ring (bicyclic) bond motifs is 1. The van der Waals surface area contributed by atoms with E-state index in [1.165, 1.54) is 13.4 Å². The SMILES string of the molecule is COc1ncnc(N2CCn3cnnc3C2)c1N. The summed E-state index contributed by atoms with van der Waals surface area (Å²) in [7, 11) is 1.54. The van der Waals surface area contributed by atoms with Crippen molar-refractivity contribution in [3.8, 4) is 5.88 Å². The van der Waals surface area contributed by atoms with Crippen molar-refractivity contribution >= 4 is 11.5 Å². The summed E-state index contributed by atoms with van der Waals surface area (Å²) in [6.45, 7) is 2.24. The Kier molecular flexibility index (Phi) is 2.47. The fourth-order valence-electron chi connectivity index (χ4n) is 2.03. The predicted molar refractivity (Wildman–Crippen MR) is 64.1 cm³/mol. The maximum atomic E-state index is 5.99. The Bertz CT molecular complexity index is 567. The van der Waals surface area contributed by atoms with Gasteiger partial charge in [-0.3, -0.25) is 0 Å². The number of aromatic nitrogens is 5. The molecule has 0 spiro atoms. The minimum absolute atomic E-state index is 0.395. The summed E-state index contributed by atoms with van der Waals surface area (Å²) in [6, 6.07) is 0. The molecule has 0 aliphatic carbocycles. The van der Waals surface area contributed by atoms with E-state index >= 15 is 0 Å². The van der Waals surface area contributed by atoms with Gasteiger partial charge in [-0.2, -0.15) is 4.98 Å². The van der Waals surface area contributed by atoms with Crippen molar-refractivity contribution in [3.05, 3.63) is 18.5 Å². The highest BCUT2D eigenvalue weighted by Crippen LogP contribution is 2.29. The second-order valence-electron chi connectivity index (χ2n) is 3.98. The van der Waals surface area contributed by atoms with Crippen LogP contribution < -0.4 is 15.4 Å². The zero-order valence-corrected chi connectivity index (χ0v) is 9.94. The van der Waals surface area contributed by atoms with Crippen LogP contribution in [-0.4, -0.2) is 38.4 Å². The van der Waals surface area contributed by atoms with Crippen LogP contribution in [0.2, 0.25) is 0 Å². The van der Waals surface area contributed by atoms with Gasteiger partial charge in [0.1, 0.15) is 18.3 Å². The van der Waals surface area contributed by atoms with E-state index < -0.39 is 0 Å². The lowest BCUT2D eigenvalue weighted by Crippen LogP contribution is -2.34. The van der Waals surface area contributed by atoms with E-state index in [0.717, 1.165) is 18.9 Å². The van der Waals surface area contributed by atoms with E-state index in [2.05, 4.69) is 20.2 Å². The molecule has 18 heavy (non-hydrogen) atoms. The molecule has 2 aromatic heterocycles. The van der Waals surface area contributed by atoms with Crippen LogP contribution in [-0.2, 0) is 13.1 Å². The van der Waals surface area contributed by atoms with Crippen LogP contribution in [0.15, 0.2) is 12.7 Å². The highest BCUT2D eigenvalue weighted by atomic mass is 16.5. The van der Waals surface area contributed by atoms with Gasteiger partial charge in [0.05, 0.1) is 13.7 Å². The fraction of sp³-hybridized carbons (Fsp3) is 0.400. The first-order valence-electron chi connectivity index (χ1n) is 5.55. The van der Waals surface area contributed by atoms with Crippen molar-refractivity contribution in [1.82, 2.24) is 24.7 Å². The summed E-state index contributed by atoms with van der Waals surface area (Å²) in [5, 5.41) is 7.95. The Morgan fingerprint density at radius 1 is 1.33 bits per heavy atom. The second kappa shape index (κ2) is 4.13. The molecule has 1 aliphatic heterocycles. The van der Waals surface area contributed by atoms with Crippen molar-refractivity contribution in [2.45, 2.75) is 13.1 Å². The summed E-state index contributed by atoms with van der Waals surface area (Å²) in [5.41, 5.74) is 6.44. The molecule has 2 aromatic rings. The van der Waals surface area contributed by atoms with E-state index in [1.807, 2.05) is 9.47 Å². The molecule has 8 nitrogen and oxygen atoms in total. The molecule has 0 bridgehead atoms. The Hall–Kier alpha value is -2.38. The average molecular weight is 247 g/mol. The van der Waals surface area contributed by atoms with Gasteiger partial charge in [-0.15, -0.1) is 10.2 Å². The van der Waals surface area contributed by atoms with Crippen LogP contribution >= 0.6 is 0 Å². The third kappa shape index (κ3) is 1.62. The van der Waals surface area contributed by atoms with Gasteiger partial charge in [0.2, 0.25) is 5.88 Å². The van der Waals surface area contributed by atoms with E-state index in [1.54, 1.807) is 6.33 Å². The third-order valence-electron chi connectivity index (χ3n) is 2.96. The summed E-state index contributed by atoms with van der Waals surface area (Å²) in [5.74, 6) is 1.97. The van der Waals surface area contributed by atoms with E-state index in [9.17, 15) is 0 Å². The number of hydrogen-bond acceptors (Lipinski definition) is 7. The summed E-state index contributed by atoms with van der Waals surface area (Å²) < 4.78 is 7.11. The van der Waals surface area contributed by atoms with Crippen molar-refractivity contribution in [1.29, 1.82) is 0 Å². The van der Waals surface area contributed by atoms with Gasteiger partial charge in [0.25, 0.3) is 0 Å². The number of hydrogen-bond donors (Lipinski definition) is 1. The zero-order chi connectivity index (χ0) is 12.5. The highest BCUT2D eigenvalue weighted by Gasteiger charge is 2.21. The van der Waals surface area contributed by atoms with Gasteiger partial charge >= 0.3 is 0 Å². The van der Waals surface area contributed by atoms with Gasteiger partial charge in [-0.05, 0) is 0 Å². The van der Waals surface area contributed by atoms with Gasteiger partial charge in [0.15, 0.2) is 11.6 Å². The summed E-state index contributed by atoms with van der Waals surface area (Å²) >= 11 is 0. The molecule has 0 unspecified atom stereocenters. The average Bonchev–Trinajstić information content (AvgIpc) is 2.86. The smallest absolute Gasteiger partial charge is 0.242 e.